The number of hydrogen-bond acceptors (Lipinski definition) is 8. The Kier molecular flexibility index (Phi) is 6.64. The lowest BCUT2D eigenvalue weighted by atomic mass is 9.93. The van der Waals surface area contributed by atoms with Crippen molar-refractivity contribution in [2.75, 3.05) is 45.3 Å². The van der Waals surface area contributed by atoms with Crippen LogP contribution < -0.4 is 19.8 Å². The van der Waals surface area contributed by atoms with Gasteiger partial charge in [0.1, 0.15) is 18.4 Å². The molecule has 0 aliphatic carbocycles. The predicted molar refractivity (Wildman–Crippen MR) is 116 cm³/mol. The molecule has 8 heteroatoms. The topological polar surface area (TPSA) is 79.8 Å². The van der Waals surface area contributed by atoms with Crippen LogP contribution in [0.1, 0.15) is 32.1 Å². The van der Waals surface area contributed by atoms with Crippen molar-refractivity contribution in [3.63, 3.8) is 0 Å². The number of hydrazine groups is 1. The van der Waals surface area contributed by atoms with Crippen molar-refractivity contribution in [2.24, 2.45) is 5.92 Å². The number of ether oxygens (including phenoxy) is 2. The third-order valence-corrected chi connectivity index (χ3v) is 6.36. The maximum absolute atomic E-state index is 11.1. The first-order valence-corrected chi connectivity index (χ1v) is 10.8. The van der Waals surface area contributed by atoms with Crippen molar-refractivity contribution < 1.29 is 14.3 Å². The molecule has 2 aromatic rings. The summed E-state index contributed by atoms with van der Waals surface area (Å²) in [6.45, 7) is 3.86. The van der Waals surface area contributed by atoms with E-state index in [0.29, 0.717) is 17.4 Å². The fourth-order valence-electron chi connectivity index (χ4n) is 4.60. The monoisotopic (exact) mass is 413 g/mol. The van der Waals surface area contributed by atoms with E-state index in [9.17, 15) is 4.79 Å². The van der Waals surface area contributed by atoms with Crippen LogP contribution in [0.5, 0.6) is 11.5 Å². The molecule has 162 valence electrons. The highest BCUT2D eigenvalue weighted by Crippen LogP contribution is 2.35. The van der Waals surface area contributed by atoms with Crippen molar-refractivity contribution in [1.82, 2.24) is 20.4 Å². The number of methoxy groups -OCH3 is 2. The smallest absolute Gasteiger partial charge is 0.162 e. The molecule has 0 amide bonds. The normalized spacial score (nSPS) is 20.6. The highest BCUT2D eigenvalue weighted by molar-refractivity contribution is 5.92. The summed E-state index contributed by atoms with van der Waals surface area (Å²) in [7, 11) is 3.28. The summed E-state index contributed by atoms with van der Waals surface area (Å²) < 4.78 is 10.9. The van der Waals surface area contributed by atoms with E-state index in [0.717, 1.165) is 81.3 Å². The number of carbonyl (C=O) groups is 1. The first kappa shape index (κ1) is 20.8. The summed E-state index contributed by atoms with van der Waals surface area (Å²) in [5.41, 5.74) is 4.32. The number of anilines is 1. The van der Waals surface area contributed by atoms with Crippen LogP contribution >= 0.6 is 0 Å². The third kappa shape index (κ3) is 4.34. The number of piperidine rings is 1. The van der Waals surface area contributed by atoms with Gasteiger partial charge in [-0.25, -0.2) is 15.0 Å². The first-order valence-electron chi connectivity index (χ1n) is 10.8. The molecule has 3 heterocycles. The van der Waals surface area contributed by atoms with E-state index < -0.39 is 0 Å². The van der Waals surface area contributed by atoms with Gasteiger partial charge in [0, 0.05) is 37.6 Å². The molecule has 0 unspecified atom stereocenters. The quantitative estimate of drug-likeness (QED) is 0.661. The summed E-state index contributed by atoms with van der Waals surface area (Å²) in [4.78, 5) is 22.5. The minimum Gasteiger partial charge on any atom is -0.493 e. The van der Waals surface area contributed by atoms with Crippen LogP contribution in [0.15, 0.2) is 18.5 Å². The highest BCUT2D eigenvalue weighted by Gasteiger charge is 2.25. The Balaban J connectivity index is 1.36. The van der Waals surface area contributed by atoms with Crippen LogP contribution in [0.4, 0.5) is 5.82 Å². The van der Waals surface area contributed by atoms with Gasteiger partial charge >= 0.3 is 0 Å². The third-order valence-electron chi connectivity index (χ3n) is 6.36. The molecule has 2 aliphatic heterocycles. The average molecular weight is 414 g/mol. The molecule has 1 aromatic carbocycles. The highest BCUT2D eigenvalue weighted by atomic mass is 16.5. The van der Waals surface area contributed by atoms with Crippen LogP contribution in [0.3, 0.4) is 0 Å². The van der Waals surface area contributed by atoms with Crippen molar-refractivity contribution in [3.05, 3.63) is 18.5 Å². The van der Waals surface area contributed by atoms with Gasteiger partial charge in [-0.1, -0.05) is 0 Å². The minimum atomic E-state index is 0.0495. The number of aromatic nitrogens is 2. The maximum atomic E-state index is 11.1. The maximum Gasteiger partial charge on any atom is 0.162 e. The Bertz CT molecular complexity index is 869. The second-order valence-corrected chi connectivity index (χ2v) is 8.09. The van der Waals surface area contributed by atoms with Gasteiger partial charge in [-0.15, -0.1) is 0 Å². The van der Waals surface area contributed by atoms with Gasteiger partial charge in [0.2, 0.25) is 0 Å². The summed E-state index contributed by atoms with van der Waals surface area (Å²) in [6, 6.07) is 3.93. The van der Waals surface area contributed by atoms with Crippen molar-refractivity contribution in [3.8, 4) is 11.5 Å². The van der Waals surface area contributed by atoms with E-state index in [-0.39, 0.29) is 6.04 Å². The van der Waals surface area contributed by atoms with Crippen LogP contribution in [0.2, 0.25) is 0 Å². The van der Waals surface area contributed by atoms with Gasteiger partial charge < -0.3 is 19.2 Å². The van der Waals surface area contributed by atoms with E-state index >= 15 is 0 Å². The molecular formula is C22H31N5O3. The predicted octanol–water partition coefficient (Wildman–Crippen LogP) is 2.42. The standard InChI is InChI=1S/C22H31N5O3/c1-29-20-12-18-19(13-21(20)30-2)23-15-24-22(18)26-10-6-16(7-11-26)5-8-25-27-9-3-4-17(27)14-28/h12-17,25H,3-11H2,1-2H3/t17-/m1/s1. The van der Waals surface area contributed by atoms with Gasteiger partial charge in [-0.3, -0.25) is 5.43 Å². The Morgan fingerprint density at radius 3 is 2.60 bits per heavy atom. The number of carbonyl (C=O) groups excluding carboxylic acids is 1. The van der Waals surface area contributed by atoms with E-state index in [1.165, 1.54) is 0 Å². The molecule has 0 saturated carbocycles. The summed E-state index contributed by atoms with van der Waals surface area (Å²) in [5, 5.41) is 3.10. The van der Waals surface area contributed by atoms with Gasteiger partial charge in [0.05, 0.1) is 25.8 Å². The molecule has 2 saturated heterocycles. The number of aldehydes is 1. The lowest BCUT2D eigenvalue weighted by Crippen LogP contribution is -2.43. The zero-order valence-corrected chi connectivity index (χ0v) is 17.8. The van der Waals surface area contributed by atoms with Crippen molar-refractivity contribution in [1.29, 1.82) is 0 Å². The SMILES string of the molecule is COc1cc2ncnc(N3CCC(CCNN4CCC[C@@H]4C=O)CC3)c2cc1OC. The lowest BCUT2D eigenvalue weighted by molar-refractivity contribution is -0.112. The first-order chi connectivity index (χ1) is 14.7. The van der Waals surface area contributed by atoms with E-state index in [4.69, 9.17) is 9.47 Å². The van der Waals surface area contributed by atoms with E-state index in [1.807, 2.05) is 12.1 Å². The molecule has 2 aliphatic rings. The molecule has 0 spiro atoms. The Labute approximate surface area is 177 Å². The lowest BCUT2D eigenvalue weighted by Gasteiger charge is -2.33. The number of fused-ring (bicyclic) bond motifs is 1. The molecule has 0 radical (unpaired) electrons. The van der Waals surface area contributed by atoms with Crippen LogP contribution in [-0.4, -0.2) is 67.7 Å². The van der Waals surface area contributed by atoms with Crippen molar-refractivity contribution in [2.45, 2.75) is 38.1 Å². The van der Waals surface area contributed by atoms with Gasteiger partial charge in [0.25, 0.3) is 0 Å². The zero-order valence-electron chi connectivity index (χ0n) is 17.8. The van der Waals surface area contributed by atoms with Crippen LogP contribution in [0.25, 0.3) is 10.9 Å². The molecule has 1 N–H and O–H groups in total. The summed E-state index contributed by atoms with van der Waals surface area (Å²) in [6.07, 6.45) is 8.16. The second-order valence-electron chi connectivity index (χ2n) is 8.09. The second kappa shape index (κ2) is 9.57. The fraction of sp³-hybridized carbons (Fsp3) is 0.591. The molecule has 30 heavy (non-hydrogen) atoms. The van der Waals surface area contributed by atoms with Crippen LogP contribution in [-0.2, 0) is 4.79 Å². The number of hydrogen-bond donors (Lipinski definition) is 1. The zero-order chi connectivity index (χ0) is 20.9. The van der Waals surface area contributed by atoms with E-state index in [1.54, 1.807) is 20.5 Å². The van der Waals surface area contributed by atoms with Crippen molar-refractivity contribution >= 4 is 23.0 Å². The minimum absolute atomic E-state index is 0.0495. The fourth-order valence-corrected chi connectivity index (χ4v) is 4.60. The summed E-state index contributed by atoms with van der Waals surface area (Å²) in [5.74, 6) is 3.02. The molecule has 1 aromatic heterocycles. The van der Waals surface area contributed by atoms with Gasteiger partial charge in [-0.05, 0) is 44.1 Å². The van der Waals surface area contributed by atoms with Gasteiger partial charge in [0.15, 0.2) is 11.5 Å². The van der Waals surface area contributed by atoms with Crippen LogP contribution in [0, 0.1) is 5.92 Å². The molecule has 8 nitrogen and oxygen atoms in total. The number of rotatable bonds is 8. The molecule has 1 atom stereocenters. The molecule has 0 bridgehead atoms. The Morgan fingerprint density at radius 2 is 1.87 bits per heavy atom. The average Bonchev–Trinajstić information content (AvgIpc) is 3.25. The number of nitrogens with one attached hydrogen (secondary N) is 1. The Morgan fingerprint density at radius 1 is 1.10 bits per heavy atom. The van der Waals surface area contributed by atoms with E-state index in [2.05, 4.69) is 25.3 Å². The molecular weight excluding hydrogens is 382 g/mol. The number of benzene rings is 1. The largest absolute Gasteiger partial charge is 0.493 e. The number of nitrogens with zero attached hydrogens (tertiary/aromatic N) is 4. The van der Waals surface area contributed by atoms with Gasteiger partial charge in [-0.2, -0.15) is 0 Å². The summed E-state index contributed by atoms with van der Waals surface area (Å²) >= 11 is 0. The Hall–Kier alpha value is -2.45. The molecule has 2 fully saturated rings. The molecule has 4 rings (SSSR count).